The van der Waals surface area contributed by atoms with Crippen LogP contribution < -0.4 is 10.1 Å². The maximum atomic E-state index is 12.8. The molecular weight excluding hydrogens is 433 g/mol. The Kier molecular flexibility index (Phi) is 7.38. The number of hydrogen-bond donors (Lipinski definition) is 1. The number of aryl methyl sites for hydroxylation is 1. The van der Waals surface area contributed by atoms with E-state index in [2.05, 4.69) is 10.3 Å². The van der Waals surface area contributed by atoms with Gasteiger partial charge in [-0.3, -0.25) is 9.78 Å². The van der Waals surface area contributed by atoms with Crippen molar-refractivity contribution in [3.8, 4) is 11.5 Å². The number of halogens is 3. The highest BCUT2D eigenvalue weighted by molar-refractivity contribution is 6.05. The van der Waals surface area contributed by atoms with E-state index in [0.29, 0.717) is 22.7 Å². The summed E-state index contributed by atoms with van der Waals surface area (Å²) in [5, 5.41) is 2.80. The topological polar surface area (TPSA) is 60.5 Å². The number of amides is 1. The van der Waals surface area contributed by atoms with Gasteiger partial charge in [0.05, 0.1) is 34.7 Å². The summed E-state index contributed by atoms with van der Waals surface area (Å²) >= 11 is 0. The van der Waals surface area contributed by atoms with E-state index >= 15 is 0 Å². The Labute approximate surface area is 190 Å². The quantitative estimate of drug-likeness (QED) is 0.417. The van der Waals surface area contributed by atoms with Gasteiger partial charge in [-0.1, -0.05) is 6.07 Å². The zero-order valence-corrected chi connectivity index (χ0v) is 18.7. The molecule has 0 bridgehead atoms. The zero-order chi connectivity index (χ0) is 24.2. The molecule has 174 valence electrons. The third-order valence-electron chi connectivity index (χ3n) is 4.75. The lowest BCUT2D eigenvalue weighted by atomic mass is 10.1. The van der Waals surface area contributed by atoms with Gasteiger partial charge in [-0.25, -0.2) is 0 Å². The number of aromatic nitrogens is 1. The molecule has 3 aromatic rings. The van der Waals surface area contributed by atoms with Gasteiger partial charge >= 0.3 is 6.18 Å². The van der Waals surface area contributed by atoms with E-state index in [-0.39, 0.29) is 23.9 Å². The lowest BCUT2D eigenvalue weighted by Crippen LogP contribution is -2.16. The number of benzene rings is 2. The smallest absolute Gasteiger partial charge is 0.416 e. The fourth-order valence-electron chi connectivity index (χ4n) is 3.21. The average Bonchev–Trinajstić information content (AvgIpc) is 2.73. The number of hydrogen-bond acceptors (Lipinski definition) is 4. The number of rotatable bonds is 7. The molecule has 0 saturated heterocycles. The summed E-state index contributed by atoms with van der Waals surface area (Å²) in [6.07, 6.45) is -4.55. The average molecular weight is 458 g/mol. The molecule has 1 heterocycles. The molecule has 1 atom stereocenters. The Bertz CT molecular complexity index is 1110. The highest BCUT2D eigenvalue weighted by Crippen LogP contribution is 2.32. The first-order valence-corrected chi connectivity index (χ1v) is 10.4. The van der Waals surface area contributed by atoms with Crippen molar-refractivity contribution < 1.29 is 27.4 Å². The predicted octanol–water partition coefficient (Wildman–Crippen LogP) is 6.94. The van der Waals surface area contributed by atoms with E-state index in [0.717, 1.165) is 17.8 Å². The number of nitrogens with zero attached hydrogens (tertiary/aromatic N) is 1. The standard InChI is InChI=1S/C25H25F3N2O3/c1-15(2)32-17(4)23-13-12-22(16(3)29-23)24(31)30-19-6-5-7-21(14-19)33-20-10-8-18(9-11-20)25(26,27)28/h5-15,17H,1-4H3,(H,30,31). The van der Waals surface area contributed by atoms with Crippen LogP contribution in [-0.2, 0) is 10.9 Å². The number of alkyl halides is 3. The van der Waals surface area contributed by atoms with Crippen LogP contribution in [0.4, 0.5) is 18.9 Å². The van der Waals surface area contributed by atoms with E-state index in [9.17, 15) is 18.0 Å². The summed E-state index contributed by atoms with van der Waals surface area (Å²) in [5.74, 6) is 0.285. The van der Waals surface area contributed by atoms with Crippen molar-refractivity contribution in [3.05, 3.63) is 83.2 Å². The molecule has 1 unspecified atom stereocenters. The maximum Gasteiger partial charge on any atom is 0.416 e. The summed E-state index contributed by atoms with van der Waals surface area (Å²) in [5.41, 5.74) is 1.45. The van der Waals surface area contributed by atoms with E-state index in [1.54, 1.807) is 43.3 Å². The largest absolute Gasteiger partial charge is 0.457 e. The molecule has 0 fully saturated rings. The Morgan fingerprint density at radius 1 is 0.970 bits per heavy atom. The van der Waals surface area contributed by atoms with Crippen molar-refractivity contribution >= 4 is 11.6 Å². The van der Waals surface area contributed by atoms with Crippen molar-refractivity contribution in [1.29, 1.82) is 0 Å². The third-order valence-corrected chi connectivity index (χ3v) is 4.75. The molecule has 8 heteroatoms. The molecule has 0 aliphatic rings. The SMILES string of the molecule is Cc1nc(C(C)OC(C)C)ccc1C(=O)Nc1cccc(Oc2ccc(C(F)(F)F)cc2)c1. The van der Waals surface area contributed by atoms with Gasteiger partial charge < -0.3 is 14.8 Å². The van der Waals surface area contributed by atoms with Crippen LogP contribution in [0.1, 0.15) is 54.2 Å². The molecule has 1 aromatic heterocycles. The first kappa shape index (κ1) is 24.3. The van der Waals surface area contributed by atoms with Crippen LogP contribution in [0.5, 0.6) is 11.5 Å². The molecule has 2 aromatic carbocycles. The summed E-state index contributed by atoms with van der Waals surface area (Å²) in [4.78, 5) is 17.3. The van der Waals surface area contributed by atoms with Crippen molar-refractivity contribution in [2.75, 3.05) is 5.32 Å². The van der Waals surface area contributed by atoms with Gasteiger partial charge in [0.1, 0.15) is 11.5 Å². The Morgan fingerprint density at radius 3 is 2.27 bits per heavy atom. The molecule has 5 nitrogen and oxygen atoms in total. The number of carbonyl (C=O) groups is 1. The highest BCUT2D eigenvalue weighted by Gasteiger charge is 2.30. The summed E-state index contributed by atoms with van der Waals surface area (Å²) in [6.45, 7) is 7.55. The summed E-state index contributed by atoms with van der Waals surface area (Å²) in [7, 11) is 0. The first-order valence-electron chi connectivity index (χ1n) is 10.4. The van der Waals surface area contributed by atoms with Crippen molar-refractivity contribution in [1.82, 2.24) is 4.98 Å². The predicted molar refractivity (Wildman–Crippen MR) is 120 cm³/mol. The molecule has 3 rings (SSSR count). The fourth-order valence-corrected chi connectivity index (χ4v) is 3.21. The van der Waals surface area contributed by atoms with E-state index in [1.807, 2.05) is 20.8 Å². The molecule has 1 amide bonds. The Balaban J connectivity index is 1.69. The van der Waals surface area contributed by atoms with Crippen molar-refractivity contribution in [3.63, 3.8) is 0 Å². The van der Waals surface area contributed by atoms with Crippen molar-refractivity contribution in [2.45, 2.75) is 46.1 Å². The summed E-state index contributed by atoms with van der Waals surface area (Å²) in [6, 6.07) is 14.5. The fraction of sp³-hybridized carbons (Fsp3) is 0.280. The van der Waals surface area contributed by atoms with Crippen molar-refractivity contribution in [2.24, 2.45) is 0 Å². The van der Waals surface area contributed by atoms with Gasteiger partial charge in [-0.2, -0.15) is 13.2 Å². The minimum Gasteiger partial charge on any atom is -0.457 e. The molecular formula is C25H25F3N2O3. The molecule has 0 radical (unpaired) electrons. The minimum atomic E-state index is -4.41. The number of ether oxygens (including phenoxy) is 2. The normalized spacial score (nSPS) is 12.5. The van der Waals surface area contributed by atoms with Crippen LogP contribution in [-0.4, -0.2) is 17.0 Å². The van der Waals surface area contributed by atoms with E-state index < -0.39 is 11.7 Å². The Morgan fingerprint density at radius 2 is 1.67 bits per heavy atom. The van der Waals surface area contributed by atoms with E-state index in [4.69, 9.17) is 9.47 Å². The Hall–Kier alpha value is -3.39. The molecule has 0 saturated carbocycles. The maximum absolute atomic E-state index is 12.8. The second-order valence-corrected chi connectivity index (χ2v) is 7.80. The lowest BCUT2D eigenvalue weighted by molar-refractivity contribution is -0.137. The first-order chi connectivity index (χ1) is 15.5. The van der Waals surface area contributed by atoms with Crippen LogP contribution in [0, 0.1) is 6.92 Å². The van der Waals surface area contributed by atoms with Crippen LogP contribution >= 0.6 is 0 Å². The molecule has 0 aliphatic heterocycles. The van der Waals surface area contributed by atoms with Gasteiger partial charge in [0.2, 0.25) is 0 Å². The summed E-state index contributed by atoms with van der Waals surface area (Å²) < 4.78 is 49.5. The molecule has 0 aliphatic carbocycles. The van der Waals surface area contributed by atoms with Gasteiger partial charge in [0.15, 0.2) is 0 Å². The third kappa shape index (κ3) is 6.55. The molecule has 33 heavy (non-hydrogen) atoms. The van der Waals surface area contributed by atoms with Crippen LogP contribution in [0.25, 0.3) is 0 Å². The number of nitrogens with one attached hydrogen (secondary N) is 1. The second kappa shape index (κ2) is 10.0. The number of carbonyl (C=O) groups excluding carboxylic acids is 1. The highest BCUT2D eigenvalue weighted by atomic mass is 19.4. The van der Waals surface area contributed by atoms with Gasteiger partial charge in [0.25, 0.3) is 5.91 Å². The molecule has 0 spiro atoms. The second-order valence-electron chi connectivity index (χ2n) is 7.80. The van der Waals surface area contributed by atoms with Crippen LogP contribution in [0.2, 0.25) is 0 Å². The van der Waals surface area contributed by atoms with Crippen LogP contribution in [0.15, 0.2) is 60.7 Å². The van der Waals surface area contributed by atoms with Gasteiger partial charge in [-0.15, -0.1) is 0 Å². The van der Waals surface area contributed by atoms with Gasteiger partial charge in [-0.05, 0) is 76.2 Å². The number of anilines is 1. The minimum absolute atomic E-state index is 0.0575. The van der Waals surface area contributed by atoms with Crippen LogP contribution in [0.3, 0.4) is 0 Å². The zero-order valence-electron chi connectivity index (χ0n) is 18.7. The van der Waals surface area contributed by atoms with E-state index in [1.165, 1.54) is 12.1 Å². The molecule has 1 N–H and O–H groups in total. The lowest BCUT2D eigenvalue weighted by Gasteiger charge is -2.17. The van der Waals surface area contributed by atoms with Gasteiger partial charge in [0, 0.05) is 11.8 Å². The monoisotopic (exact) mass is 458 g/mol. The number of pyridine rings is 1.